The first-order valence-corrected chi connectivity index (χ1v) is 8.20. The summed E-state index contributed by atoms with van der Waals surface area (Å²) in [7, 11) is 1.64. The van der Waals surface area contributed by atoms with E-state index in [0.717, 1.165) is 12.1 Å². The summed E-state index contributed by atoms with van der Waals surface area (Å²) in [6.45, 7) is 2.54. The lowest BCUT2D eigenvalue weighted by molar-refractivity contribution is -0.143. The smallest absolute Gasteiger partial charge is 0.322 e. The number of carboxylic acid groups (broad SMARTS) is 1. The van der Waals surface area contributed by atoms with Crippen molar-refractivity contribution in [3.8, 4) is 0 Å². The Kier molecular flexibility index (Phi) is 5.01. The number of nitrogens with zero attached hydrogens (tertiary/aromatic N) is 1. The number of hydrogen-bond donors (Lipinski definition) is 3. The fraction of sp³-hybridized carbons (Fsp3) is 0.529. The van der Waals surface area contributed by atoms with E-state index < -0.39 is 11.9 Å². The number of piperidine rings is 1. The molecule has 0 saturated carbocycles. The summed E-state index contributed by atoms with van der Waals surface area (Å²) in [5.41, 5.74) is 1.62. The molecule has 0 aliphatic carbocycles. The van der Waals surface area contributed by atoms with Gasteiger partial charge in [0, 0.05) is 25.3 Å². The Morgan fingerprint density at radius 3 is 2.88 bits per heavy atom. The van der Waals surface area contributed by atoms with Crippen LogP contribution in [0.5, 0.6) is 0 Å². The number of ether oxygens (including phenoxy) is 1. The SMILES string of the molecule is COC1CN(C(=O)Nc2cccc(C3CNCCC3C(=O)O)c2)C1. The highest BCUT2D eigenvalue weighted by molar-refractivity contribution is 5.90. The summed E-state index contributed by atoms with van der Waals surface area (Å²) in [4.78, 5) is 25.3. The maximum absolute atomic E-state index is 12.2. The van der Waals surface area contributed by atoms with Crippen molar-refractivity contribution in [2.45, 2.75) is 18.4 Å². The summed E-state index contributed by atoms with van der Waals surface area (Å²) in [5, 5.41) is 15.6. The first-order chi connectivity index (χ1) is 11.6. The molecule has 2 atom stereocenters. The van der Waals surface area contributed by atoms with Crippen molar-refractivity contribution in [1.82, 2.24) is 10.2 Å². The highest BCUT2D eigenvalue weighted by Crippen LogP contribution is 2.31. The van der Waals surface area contributed by atoms with Crippen LogP contribution in [0.15, 0.2) is 24.3 Å². The molecule has 2 fully saturated rings. The van der Waals surface area contributed by atoms with Crippen LogP contribution in [-0.2, 0) is 9.53 Å². The van der Waals surface area contributed by atoms with Crippen molar-refractivity contribution in [1.29, 1.82) is 0 Å². The van der Waals surface area contributed by atoms with Crippen LogP contribution >= 0.6 is 0 Å². The molecule has 24 heavy (non-hydrogen) atoms. The summed E-state index contributed by atoms with van der Waals surface area (Å²) < 4.78 is 5.17. The molecular weight excluding hydrogens is 310 g/mol. The maximum atomic E-state index is 12.2. The van der Waals surface area contributed by atoms with Crippen LogP contribution in [0.4, 0.5) is 10.5 Å². The number of amides is 2. The topological polar surface area (TPSA) is 90.9 Å². The van der Waals surface area contributed by atoms with Gasteiger partial charge in [0.15, 0.2) is 0 Å². The van der Waals surface area contributed by atoms with E-state index in [1.54, 1.807) is 12.0 Å². The van der Waals surface area contributed by atoms with Gasteiger partial charge in [-0.05, 0) is 30.7 Å². The summed E-state index contributed by atoms with van der Waals surface area (Å²) in [6, 6.07) is 7.32. The van der Waals surface area contributed by atoms with Gasteiger partial charge in [-0.1, -0.05) is 12.1 Å². The fourth-order valence-electron chi connectivity index (χ4n) is 3.31. The third kappa shape index (κ3) is 3.52. The van der Waals surface area contributed by atoms with Crippen LogP contribution < -0.4 is 10.6 Å². The fourth-order valence-corrected chi connectivity index (χ4v) is 3.31. The number of methoxy groups -OCH3 is 1. The zero-order valence-electron chi connectivity index (χ0n) is 13.7. The van der Waals surface area contributed by atoms with Crippen molar-refractivity contribution in [3.05, 3.63) is 29.8 Å². The number of hydrogen-bond acceptors (Lipinski definition) is 4. The summed E-state index contributed by atoms with van der Waals surface area (Å²) >= 11 is 0. The quantitative estimate of drug-likeness (QED) is 0.773. The number of likely N-dealkylation sites (tertiary alicyclic amines) is 1. The van der Waals surface area contributed by atoms with Crippen LogP contribution in [0, 0.1) is 5.92 Å². The van der Waals surface area contributed by atoms with Gasteiger partial charge in [0.2, 0.25) is 0 Å². The minimum absolute atomic E-state index is 0.0880. The number of urea groups is 1. The van der Waals surface area contributed by atoms with Crippen molar-refractivity contribution >= 4 is 17.7 Å². The minimum Gasteiger partial charge on any atom is -0.481 e. The largest absolute Gasteiger partial charge is 0.481 e. The van der Waals surface area contributed by atoms with Gasteiger partial charge in [-0.2, -0.15) is 0 Å². The van der Waals surface area contributed by atoms with E-state index in [-0.39, 0.29) is 18.1 Å². The first-order valence-electron chi connectivity index (χ1n) is 8.20. The number of aliphatic carboxylic acids is 1. The standard InChI is InChI=1S/C17H23N3O4/c1-24-13-9-20(10-13)17(23)19-12-4-2-3-11(7-12)15-8-18-6-5-14(15)16(21)22/h2-4,7,13-15,18H,5-6,8-10H2,1H3,(H,19,23)(H,21,22). The molecule has 2 heterocycles. The van der Waals surface area contributed by atoms with Gasteiger partial charge in [-0.25, -0.2) is 4.79 Å². The van der Waals surface area contributed by atoms with E-state index >= 15 is 0 Å². The van der Waals surface area contributed by atoms with Gasteiger partial charge < -0.3 is 25.4 Å². The van der Waals surface area contributed by atoms with E-state index in [9.17, 15) is 14.7 Å². The van der Waals surface area contributed by atoms with E-state index in [1.165, 1.54) is 0 Å². The Morgan fingerprint density at radius 1 is 1.38 bits per heavy atom. The van der Waals surface area contributed by atoms with Crippen LogP contribution in [0.1, 0.15) is 17.9 Å². The Morgan fingerprint density at radius 2 is 2.17 bits per heavy atom. The summed E-state index contributed by atoms with van der Waals surface area (Å²) in [5.74, 6) is -1.24. The molecule has 7 heteroatoms. The lowest BCUT2D eigenvalue weighted by Gasteiger charge is -2.38. The zero-order chi connectivity index (χ0) is 17.1. The summed E-state index contributed by atoms with van der Waals surface area (Å²) in [6.07, 6.45) is 0.731. The Hall–Kier alpha value is -2.12. The van der Waals surface area contributed by atoms with E-state index in [4.69, 9.17) is 4.74 Å². The Bertz CT molecular complexity index is 616. The highest BCUT2D eigenvalue weighted by Gasteiger charge is 2.33. The third-order valence-corrected chi connectivity index (χ3v) is 4.83. The highest BCUT2D eigenvalue weighted by atomic mass is 16.5. The molecule has 3 rings (SSSR count). The molecule has 2 amide bonds. The first kappa shape index (κ1) is 16.7. The van der Waals surface area contributed by atoms with Crippen LogP contribution in [-0.4, -0.2) is 61.4 Å². The molecule has 2 aliphatic rings. The van der Waals surface area contributed by atoms with Gasteiger partial charge in [0.1, 0.15) is 0 Å². The number of anilines is 1. The molecule has 0 spiro atoms. The predicted octanol–water partition coefficient (Wildman–Crippen LogP) is 1.33. The van der Waals surface area contributed by atoms with Crippen LogP contribution in [0.2, 0.25) is 0 Å². The second-order valence-electron chi connectivity index (χ2n) is 6.36. The van der Waals surface area contributed by atoms with E-state index in [2.05, 4.69) is 10.6 Å². The average molecular weight is 333 g/mol. The molecule has 0 radical (unpaired) electrons. The number of benzene rings is 1. The molecule has 0 bridgehead atoms. The van der Waals surface area contributed by atoms with Gasteiger partial charge >= 0.3 is 12.0 Å². The zero-order valence-corrected chi connectivity index (χ0v) is 13.7. The average Bonchev–Trinajstić information content (AvgIpc) is 2.54. The molecule has 7 nitrogen and oxygen atoms in total. The van der Waals surface area contributed by atoms with Gasteiger partial charge in [0.05, 0.1) is 25.1 Å². The minimum atomic E-state index is -0.762. The van der Waals surface area contributed by atoms with Crippen molar-refractivity contribution in [2.75, 3.05) is 38.6 Å². The molecule has 1 aromatic rings. The maximum Gasteiger partial charge on any atom is 0.322 e. The van der Waals surface area contributed by atoms with E-state index in [1.807, 2.05) is 24.3 Å². The molecule has 3 N–H and O–H groups in total. The predicted molar refractivity (Wildman–Crippen MR) is 89.2 cm³/mol. The lowest BCUT2D eigenvalue weighted by Crippen LogP contribution is -2.55. The van der Waals surface area contributed by atoms with Crippen molar-refractivity contribution in [3.63, 3.8) is 0 Å². The molecule has 130 valence electrons. The van der Waals surface area contributed by atoms with Gasteiger partial charge in [-0.3, -0.25) is 4.79 Å². The normalized spacial score (nSPS) is 24.3. The number of carbonyl (C=O) groups excluding carboxylic acids is 1. The van der Waals surface area contributed by atoms with Crippen LogP contribution in [0.3, 0.4) is 0 Å². The molecule has 2 unspecified atom stereocenters. The molecule has 0 aromatic heterocycles. The number of carbonyl (C=O) groups is 2. The van der Waals surface area contributed by atoms with Crippen LogP contribution in [0.25, 0.3) is 0 Å². The Labute approximate surface area is 141 Å². The number of carboxylic acids is 1. The molecule has 2 saturated heterocycles. The van der Waals surface area contributed by atoms with Gasteiger partial charge in [0.25, 0.3) is 0 Å². The molecule has 2 aliphatic heterocycles. The second kappa shape index (κ2) is 7.19. The van der Waals surface area contributed by atoms with E-state index in [0.29, 0.717) is 31.7 Å². The lowest BCUT2D eigenvalue weighted by atomic mass is 9.81. The third-order valence-electron chi connectivity index (χ3n) is 4.83. The second-order valence-corrected chi connectivity index (χ2v) is 6.36. The molecular formula is C17H23N3O4. The number of rotatable bonds is 4. The van der Waals surface area contributed by atoms with Crippen molar-refractivity contribution in [2.24, 2.45) is 5.92 Å². The van der Waals surface area contributed by atoms with Crippen molar-refractivity contribution < 1.29 is 19.4 Å². The Balaban J connectivity index is 1.67. The monoisotopic (exact) mass is 333 g/mol. The molecule has 1 aromatic carbocycles. The number of nitrogens with one attached hydrogen (secondary N) is 2. The van der Waals surface area contributed by atoms with Gasteiger partial charge in [-0.15, -0.1) is 0 Å².